The van der Waals surface area contributed by atoms with Crippen LogP contribution in [0.25, 0.3) is 16.4 Å². The van der Waals surface area contributed by atoms with Crippen molar-refractivity contribution in [1.29, 1.82) is 0 Å². The second-order valence-corrected chi connectivity index (χ2v) is 8.56. The van der Waals surface area contributed by atoms with E-state index in [1.165, 1.54) is 23.5 Å². The van der Waals surface area contributed by atoms with Crippen LogP contribution in [0, 0.1) is 11.8 Å². The van der Waals surface area contributed by atoms with Crippen molar-refractivity contribution in [3.05, 3.63) is 97.5 Å². The van der Waals surface area contributed by atoms with Crippen LogP contribution in [-0.4, -0.2) is 11.6 Å². The molecule has 0 saturated heterocycles. The second-order valence-electron chi connectivity index (χ2n) is 6.63. The summed E-state index contributed by atoms with van der Waals surface area (Å²) < 4.78 is 6.67. The molecule has 0 bridgehead atoms. The third kappa shape index (κ3) is 3.28. The molecule has 0 saturated carbocycles. The molecule has 0 atom stereocenters. The molecule has 0 radical (unpaired) electrons. The Kier molecular flexibility index (Phi) is 4.60. The summed E-state index contributed by atoms with van der Waals surface area (Å²) in [5.41, 5.74) is 2.21. The molecule has 1 aliphatic carbocycles. The van der Waals surface area contributed by atoms with Crippen molar-refractivity contribution in [2.24, 2.45) is 0 Å². The summed E-state index contributed by atoms with van der Waals surface area (Å²) in [6, 6.07) is 16.2. The van der Waals surface area contributed by atoms with E-state index in [4.69, 9.17) is 27.6 Å². The number of benzene rings is 2. The quantitative estimate of drug-likeness (QED) is 0.185. The molecule has 1 aliphatic rings. The van der Waals surface area contributed by atoms with Gasteiger partial charge in [0.05, 0.1) is 20.3 Å². The number of hydrogen-bond donors (Lipinski definition) is 0. The van der Waals surface area contributed by atoms with E-state index in [1.54, 1.807) is 12.1 Å². The monoisotopic (exact) mass is 448 g/mol. The molecule has 2 aromatic carbocycles. The van der Waals surface area contributed by atoms with Gasteiger partial charge in [0.1, 0.15) is 5.58 Å². The third-order valence-electron chi connectivity index (χ3n) is 4.66. The number of halogens is 2. The van der Waals surface area contributed by atoms with Crippen LogP contribution in [0.5, 0.6) is 0 Å². The van der Waals surface area contributed by atoms with Gasteiger partial charge in [-0.1, -0.05) is 47.3 Å². The fraction of sp³-hybridized carbons (Fsp3) is 0. The topological polar surface area (TPSA) is 47.3 Å². The maximum absolute atomic E-state index is 12.7. The zero-order valence-corrected chi connectivity index (χ0v) is 17.5. The maximum atomic E-state index is 12.7. The van der Waals surface area contributed by atoms with E-state index in [9.17, 15) is 9.59 Å². The van der Waals surface area contributed by atoms with E-state index >= 15 is 0 Å². The molecule has 6 heteroatoms. The van der Waals surface area contributed by atoms with Gasteiger partial charge >= 0.3 is 0 Å². The first-order valence-electron chi connectivity index (χ1n) is 8.90. The van der Waals surface area contributed by atoms with Crippen molar-refractivity contribution < 1.29 is 14.0 Å². The van der Waals surface area contributed by atoms with Crippen LogP contribution in [-0.2, 0) is 0 Å². The van der Waals surface area contributed by atoms with Crippen LogP contribution in [0.2, 0.25) is 10.0 Å². The lowest BCUT2D eigenvalue weighted by Crippen LogP contribution is -1.99. The molecular weight excluding hydrogens is 439 g/mol. The smallest absolute Gasteiger partial charge is 0.197 e. The Balaban J connectivity index is 1.46. The van der Waals surface area contributed by atoms with Gasteiger partial charge in [-0.25, -0.2) is 0 Å². The van der Waals surface area contributed by atoms with Gasteiger partial charge in [-0.2, -0.15) is 0 Å². The minimum atomic E-state index is -0.354. The Bertz CT molecular complexity index is 1370. The van der Waals surface area contributed by atoms with Crippen LogP contribution >= 0.6 is 34.5 Å². The molecular formula is C24H10Cl2O3S. The molecule has 2 heterocycles. The number of ketones is 2. The summed E-state index contributed by atoms with van der Waals surface area (Å²) in [7, 11) is 0. The molecule has 144 valence electrons. The van der Waals surface area contributed by atoms with Crippen LogP contribution in [0.1, 0.15) is 36.9 Å². The minimum absolute atomic E-state index is 0.0938. The summed E-state index contributed by atoms with van der Waals surface area (Å²) in [6.45, 7) is 0. The molecule has 3 nitrogen and oxygen atoms in total. The Hall–Kier alpha value is -3.10. The Morgan fingerprint density at radius 3 is 2.17 bits per heavy atom. The van der Waals surface area contributed by atoms with Crippen molar-refractivity contribution >= 4 is 62.5 Å². The van der Waals surface area contributed by atoms with E-state index in [1.807, 2.05) is 36.4 Å². The van der Waals surface area contributed by atoms with Gasteiger partial charge in [0.2, 0.25) is 0 Å². The lowest BCUT2D eigenvalue weighted by Gasteiger charge is -1.98. The van der Waals surface area contributed by atoms with Crippen molar-refractivity contribution in [2.45, 2.75) is 0 Å². The first kappa shape index (κ1) is 18.9. The van der Waals surface area contributed by atoms with Crippen LogP contribution < -0.4 is 0 Å². The van der Waals surface area contributed by atoms with Gasteiger partial charge in [0, 0.05) is 27.6 Å². The highest BCUT2D eigenvalue weighted by atomic mass is 35.5. The highest BCUT2D eigenvalue weighted by Gasteiger charge is 2.34. The van der Waals surface area contributed by atoms with Gasteiger partial charge in [0.25, 0.3) is 0 Å². The van der Waals surface area contributed by atoms with Crippen LogP contribution in [0.15, 0.2) is 64.6 Å². The number of furan rings is 1. The Morgan fingerprint density at radius 1 is 0.867 bits per heavy atom. The fourth-order valence-electron chi connectivity index (χ4n) is 3.23. The average molecular weight is 449 g/mol. The summed E-state index contributed by atoms with van der Waals surface area (Å²) in [5.74, 6) is 5.91. The largest absolute Gasteiger partial charge is 0.447 e. The number of carbonyl (C=O) groups excluding carboxylic acids is 2. The summed E-state index contributed by atoms with van der Waals surface area (Å²) >= 11 is 13.4. The first-order valence-corrected chi connectivity index (χ1v) is 10.5. The maximum Gasteiger partial charge on any atom is 0.197 e. The Labute approximate surface area is 185 Å². The highest BCUT2D eigenvalue weighted by molar-refractivity contribution is 7.19. The molecule has 0 amide bonds. The predicted molar refractivity (Wildman–Crippen MR) is 120 cm³/mol. The molecule has 5 rings (SSSR count). The number of hydrogen-bond acceptors (Lipinski definition) is 4. The normalized spacial score (nSPS) is 12.8. The fourth-order valence-corrected chi connectivity index (χ4v) is 4.52. The van der Waals surface area contributed by atoms with Gasteiger partial charge in [0.15, 0.2) is 17.3 Å². The third-order valence-corrected chi connectivity index (χ3v) is 6.39. The van der Waals surface area contributed by atoms with E-state index < -0.39 is 0 Å². The van der Waals surface area contributed by atoms with Gasteiger partial charge in [-0.15, -0.1) is 11.3 Å². The minimum Gasteiger partial charge on any atom is -0.447 e. The molecule has 0 N–H and O–H groups in total. The number of rotatable bonds is 1. The van der Waals surface area contributed by atoms with Crippen molar-refractivity contribution in [2.75, 3.05) is 0 Å². The van der Waals surface area contributed by atoms with E-state index in [-0.39, 0.29) is 38.3 Å². The highest BCUT2D eigenvalue weighted by Crippen LogP contribution is 2.36. The van der Waals surface area contributed by atoms with E-state index in [0.29, 0.717) is 11.3 Å². The second kappa shape index (κ2) is 7.30. The molecule has 4 aromatic rings. The first-order chi connectivity index (χ1) is 14.5. The van der Waals surface area contributed by atoms with Gasteiger partial charge in [-0.3, -0.25) is 9.59 Å². The number of fused-ring (bicyclic) bond motifs is 2. The summed E-state index contributed by atoms with van der Waals surface area (Å²) in [5, 5.41) is 0.492. The Morgan fingerprint density at radius 2 is 1.53 bits per heavy atom. The number of allylic oxidation sites excluding steroid dienone is 1. The summed E-state index contributed by atoms with van der Waals surface area (Å²) in [6.07, 6.45) is 1.59. The van der Waals surface area contributed by atoms with Gasteiger partial charge in [-0.05, 0) is 42.3 Å². The lowest BCUT2D eigenvalue weighted by molar-refractivity contribution is 0.0990. The zero-order valence-electron chi connectivity index (χ0n) is 15.2. The predicted octanol–water partition coefficient (Wildman–Crippen LogP) is 6.66. The molecule has 0 fully saturated rings. The van der Waals surface area contributed by atoms with E-state index in [2.05, 4.69) is 11.8 Å². The van der Waals surface area contributed by atoms with Gasteiger partial charge < -0.3 is 4.42 Å². The van der Waals surface area contributed by atoms with Crippen molar-refractivity contribution in [3.63, 3.8) is 0 Å². The standard InChI is InChI=1S/C24H10Cl2O3S/c25-19-11-16-17(12-20(19)26)24(28)18(23(16)27)9-15-10-21-22(30-15)8-14(29-21)7-6-13-4-2-1-3-5-13/h1-5,8-12H. The average Bonchev–Trinajstić information content (AvgIpc) is 3.35. The number of thiophene rings is 1. The number of carbonyl (C=O) groups is 2. The van der Waals surface area contributed by atoms with Crippen molar-refractivity contribution in [3.8, 4) is 11.8 Å². The van der Waals surface area contributed by atoms with Crippen LogP contribution in [0.4, 0.5) is 0 Å². The van der Waals surface area contributed by atoms with Crippen LogP contribution in [0.3, 0.4) is 0 Å². The summed E-state index contributed by atoms with van der Waals surface area (Å²) in [4.78, 5) is 26.1. The molecule has 0 aliphatic heterocycles. The van der Waals surface area contributed by atoms with E-state index in [0.717, 1.165) is 15.1 Å². The van der Waals surface area contributed by atoms with Crippen molar-refractivity contribution in [1.82, 2.24) is 0 Å². The molecule has 0 unspecified atom stereocenters. The SMILES string of the molecule is O=C1C(=Cc2cc3oc(C#Cc4ccccc4)cc3s2)C(=O)c2cc(Cl)c(Cl)cc21. The zero-order chi connectivity index (χ0) is 20.8. The lowest BCUT2D eigenvalue weighted by atomic mass is 10.1. The molecule has 30 heavy (non-hydrogen) atoms. The number of Topliss-reactive ketones (excluding diaryl/α,β-unsaturated/α-hetero) is 2. The molecule has 0 spiro atoms. The molecule has 2 aromatic heterocycles.